The first-order chi connectivity index (χ1) is 13.0. The molecule has 8 heteroatoms. The number of piperidine rings is 1. The van der Waals surface area contributed by atoms with Gasteiger partial charge in [-0.2, -0.15) is 0 Å². The second-order valence-corrected chi connectivity index (χ2v) is 9.43. The van der Waals surface area contributed by atoms with Crippen molar-refractivity contribution in [2.45, 2.75) is 23.8 Å². The summed E-state index contributed by atoms with van der Waals surface area (Å²) in [6.45, 7) is 0.545. The first-order valence-corrected chi connectivity index (χ1v) is 11.2. The molecule has 0 spiro atoms. The van der Waals surface area contributed by atoms with E-state index in [1.807, 2.05) is 35.7 Å². The van der Waals surface area contributed by atoms with E-state index in [9.17, 15) is 14.4 Å². The zero-order valence-corrected chi connectivity index (χ0v) is 16.7. The molecule has 1 atom stereocenters. The van der Waals surface area contributed by atoms with Crippen molar-refractivity contribution in [2.24, 2.45) is 11.7 Å². The summed E-state index contributed by atoms with van der Waals surface area (Å²) in [6, 6.07) is 7.41. The lowest BCUT2D eigenvalue weighted by Gasteiger charge is -2.31. The summed E-state index contributed by atoms with van der Waals surface area (Å²) in [5.74, 6) is 0.816. The average molecular weight is 409 g/mol. The van der Waals surface area contributed by atoms with Crippen LogP contribution in [0.2, 0.25) is 0 Å². The Morgan fingerprint density at radius 3 is 2.48 bits per heavy atom. The smallest absolute Gasteiger partial charge is 0.338 e. The zero-order chi connectivity index (χ0) is 19.2. The Labute approximate surface area is 167 Å². The maximum absolute atomic E-state index is 12.3. The molecule has 0 aromatic heterocycles. The van der Waals surface area contributed by atoms with Gasteiger partial charge in [0.15, 0.2) is 6.61 Å². The summed E-state index contributed by atoms with van der Waals surface area (Å²) in [6.07, 6.45) is 2.66. The molecule has 0 bridgehead atoms. The van der Waals surface area contributed by atoms with Gasteiger partial charge in [0.25, 0.3) is 5.91 Å². The highest BCUT2D eigenvalue weighted by Gasteiger charge is 2.27. The number of thioether (sulfide) groups is 2. The van der Waals surface area contributed by atoms with Gasteiger partial charge < -0.3 is 15.4 Å². The molecule has 2 amide bonds. The van der Waals surface area contributed by atoms with Crippen molar-refractivity contribution < 1.29 is 19.1 Å². The van der Waals surface area contributed by atoms with Gasteiger partial charge in [-0.1, -0.05) is 12.1 Å². The van der Waals surface area contributed by atoms with E-state index in [1.54, 1.807) is 17.0 Å². The highest BCUT2D eigenvalue weighted by molar-refractivity contribution is 8.16. The molecule has 0 aliphatic carbocycles. The van der Waals surface area contributed by atoms with Crippen LogP contribution < -0.4 is 5.73 Å². The lowest BCUT2D eigenvalue weighted by atomic mass is 9.97. The van der Waals surface area contributed by atoms with Crippen molar-refractivity contribution in [3.8, 4) is 0 Å². The van der Waals surface area contributed by atoms with E-state index in [1.165, 1.54) is 12.0 Å². The third-order valence-corrected chi connectivity index (χ3v) is 7.76. The van der Waals surface area contributed by atoms with Gasteiger partial charge >= 0.3 is 5.97 Å². The largest absolute Gasteiger partial charge is 0.452 e. The number of rotatable bonds is 5. The minimum atomic E-state index is -0.512. The predicted octanol–water partition coefficient (Wildman–Crippen LogP) is 2.44. The summed E-state index contributed by atoms with van der Waals surface area (Å²) < 4.78 is 5.59. The van der Waals surface area contributed by atoms with Crippen LogP contribution in [0.4, 0.5) is 0 Å². The molecule has 0 radical (unpaired) electrons. The van der Waals surface area contributed by atoms with Gasteiger partial charge in [0.2, 0.25) is 5.91 Å². The molecular formula is C19H24N2O4S2. The number of benzene rings is 1. The molecule has 1 aromatic carbocycles. The number of ether oxygens (including phenoxy) is 1. The zero-order valence-electron chi connectivity index (χ0n) is 15.1. The normalized spacial score (nSPS) is 20.9. The van der Waals surface area contributed by atoms with Gasteiger partial charge in [0.1, 0.15) is 0 Å². The van der Waals surface area contributed by atoms with Crippen LogP contribution in [0.15, 0.2) is 24.3 Å². The summed E-state index contributed by atoms with van der Waals surface area (Å²) in [5.41, 5.74) is 6.96. The predicted molar refractivity (Wildman–Crippen MR) is 107 cm³/mol. The summed E-state index contributed by atoms with van der Waals surface area (Å²) in [7, 11) is 0. The number of nitrogens with zero attached hydrogens (tertiary/aromatic N) is 1. The molecule has 2 fully saturated rings. The van der Waals surface area contributed by atoms with Crippen molar-refractivity contribution in [3.63, 3.8) is 0 Å². The van der Waals surface area contributed by atoms with Crippen LogP contribution in [0.3, 0.4) is 0 Å². The maximum Gasteiger partial charge on any atom is 0.338 e. The Morgan fingerprint density at radius 1 is 1.11 bits per heavy atom. The molecule has 2 saturated heterocycles. The molecule has 6 nitrogen and oxygen atoms in total. The SMILES string of the molecule is NC(=O)[C@@H]1CCCN(C(=O)COC(=O)c2ccc(C3SCCCS3)cc2)C1. The van der Waals surface area contributed by atoms with Crippen molar-refractivity contribution >= 4 is 41.3 Å². The van der Waals surface area contributed by atoms with Crippen LogP contribution >= 0.6 is 23.5 Å². The Morgan fingerprint density at radius 2 is 1.81 bits per heavy atom. The molecule has 2 heterocycles. The topological polar surface area (TPSA) is 89.7 Å². The van der Waals surface area contributed by atoms with E-state index in [-0.39, 0.29) is 24.3 Å². The van der Waals surface area contributed by atoms with Gasteiger partial charge in [0, 0.05) is 13.1 Å². The molecule has 2 N–H and O–H groups in total. The first kappa shape index (κ1) is 20.1. The highest BCUT2D eigenvalue weighted by Crippen LogP contribution is 2.43. The van der Waals surface area contributed by atoms with Crippen molar-refractivity contribution in [1.82, 2.24) is 4.90 Å². The number of esters is 1. The first-order valence-electron chi connectivity index (χ1n) is 9.12. The fourth-order valence-electron chi connectivity index (χ4n) is 3.19. The Balaban J connectivity index is 1.49. The molecule has 2 aliphatic heterocycles. The molecule has 1 aromatic rings. The number of hydrogen-bond donors (Lipinski definition) is 1. The fraction of sp³-hybridized carbons (Fsp3) is 0.526. The Hall–Kier alpha value is -1.67. The summed E-state index contributed by atoms with van der Waals surface area (Å²) in [5, 5.41) is 0. The van der Waals surface area contributed by atoms with Crippen LogP contribution in [0.1, 0.15) is 39.8 Å². The van der Waals surface area contributed by atoms with Crippen LogP contribution in [-0.2, 0) is 14.3 Å². The minimum absolute atomic E-state index is 0.291. The highest BCUT2D eigenvalue weighted by atomic mass is 32.2. The van der Waals surface area contributed by atoms with E-state index >= 15 is 0 Å². The Bertz CT molecular complexity index is 689. The summed E-state index contributed by atoms with van der Waals surface area (Å²) in [4.78, 5) is 37.3. The molecule has 0 unspecified atom stereocenters. The number of nitrogens with two attached hydrogens (primary N) is 1. The van der Waals surface area contributed by atoms with Crippen molar-refractivity contribution in [1.29, 1.82) is 0 Å². The average Bonchev–Trinajstić information content (AvgIpc) is 2.72. The fourth-order valence-corrected chi connectivity index (χ4v) is 6.09. The van der Waals surface area contributed by atoms with E-state index in [2.05, 4.69) is 0 Å². The van der Waals surface area contributed by atoms with Crippen LogP contribution in [0.5, 0.6) is 0 Å². The number of primary amides is 1. The number of hydrogen-bond acceptors (Lipinski definition) is 6. The molecular weight excluding hydrogens is 384 g/mol. The van der Waals surface area contributed by atoms with Gasteiger partial charge in [-0.3, -0.25) is 9.59 Å². The molecule has 27 heavy (non-hydrogen) atoms. The molecule has 0 saturated carbocycles. The van der Waals surface area contributed by atoms with Crippen LogP contribution in [-0.4, -0.2) is 53.9 Å². The maximum atomic E-state index is 12.3. The number of amides is 2. The van der Waals surface area contributed by atoms with E-state index in [4.69, 9.17) is 10.5 Å². The quantitative estimate of drug-likeness (QED) is 0.753. The monoisotopic (exact) mass is 408 g/mol. The lowest BCUT2D eigenvalue weighted by Crippen LogP contribution is -2.45. The summed E-state index contributed by atoms with van der Waals surface area (Å²) >= 11 is 3.85. The van der Waals surface area contributed by atoms with E-state index in [0.717, 1.165) is 17.9 Å². The van der Waals surface area contributed by atoms with Crippen LogP contribution in [0, 0.1) is 5.92 Å². The second kappa shape index (κ2) is 9.50. The van der Waals surface area contributed by atoms with E-state index in [0.29, 0.717) is 29.7 Å². The van der Waals surface area contributed by atoms with Crippen LogP contribution in [0.25, 0.3) is 0 Å². The van der Waals surface area contributed by atoms with Gasteiger partial charge in [-0.15, -0.1) is 23.5 Å². The number of carbonyl (C=O) groups excluding carboxylic acids is 3. The van der Waals surface area contributed by atoms with Gasteiger partial charge in [-0.05, 0) is 48.5 Å². The number of likely N-dealkylation sites (tertiary alicyclic amines) is 1. The number of carbonyl (C=O) groups is 3. The molecule has 2 aliphatic rings. The van der Waals surface area contributed by atoms with E-state index < -0.39 is 5.97 Å². The minimum Gasteiger partial charge on any atom is -0.452 e. The standard InChI is InChI=1S/C19H24N2O4S2/c20-17(23)15-3-1-8-21(11-15)16(22)12-25-18(24)13-4-6-14(7-5-13)19-26-9-2-10-27-19/h4-7,15,19H,1-3,8-12H2,(H2,20,23)/t15-/m1/s1. The van der Waals surface area contributed by atoms with Gasteiger partial charge in [-0.25, -0.2) is 4.79 Å². The molecule has 3 rings (SSSR count). The third-order valence-electron chi connectivity index (χ3n) is 4.75. The lowest BCUT2D eigenvalue weighted by molar-refractivity contribution is -0.137. The van der Waals surface area contributed by atoms with Crippen molar-refractivity contribution in [2.75, 3.05) is 31.2 Å². The third kappa shape index (κ3) is 5.42. The van der Waals surface area contributed by atoms with Crippen molar-refractivity contribution in [3.05, 3.63) is 35.4 Å². The second-order valence-electron chi connectivity index (χ2n) is 6.71. The molecule has 146 valence electrons. The Kier molecular flexibility index (Phi) is 7.07. The van der Waals surface area contributed by atoms with Gasteiger partial charge in [0.05, 0.1) is 16.1 Å².